The zero-order valence-corrected chi connectivity index (χ0v) is 13.8. The van der Waals surface area contributed by atoms with Crippen molar-refractivity contribution in [1.82, 2.24) is 35.3 Å². The molecule has 3 rings (SSSR count). The van der Waals surface area contributed by atoms with Gasteiger partial charge in [-0.05, 0) is 37.1 Å². The van der Waals surface area contributed by atoms with Crippen molar-refractivity contribution in [3.63, 3.8) is 0 Å². The van der Waals surface area contributed by atoms with Crippen LogP contribution in [0.3, 0.4) is 0 Å². The summed E-state index contributed by atoms with van der Waals surface area (Å²) in [7, 11) is 0. The maximum atomic E-state index is 12.7. The lowest BCUT2D eigenvalue weighted by molar-refractivity contribution is -0.132. The summed E-state index contributed by atoms with van der Waals surface area (Å²) in [5.41, 5.74) is -0.787. The van der Waals surface area contributed by atoms with E-state index >= 15 is 0 Å². The van der Waals surface area contributed by atoms with E-state index in [-0.39, 0.29) is 18.0 Å². The Morgan fingerprint density at radius 1 is 1.35 bits per heavy atom. The van der Waals surface area contributed by atoms with Gasteiger partial charge in [0.2, 0.25) is 0 Å². The van der Waals surface area contributed by atoms with Crippen LogP contribution in [0.2, 0.25) is 0 Å². The molecular formula is C14H23N7O2. The highest BCUT2D eigenvalue weighted by atomic mass is 16.2. The number of carbonyl (C=O) groups excluding carboxylic acids is 2. The molecule has 0 radical (unpaired) electrons. The van der Waals surface area contributed by atoms with E-state index in [1.165, 1.54) is 4.90 Å². The van der Waals surface area contributed by atoms with Crippen LogP contribution >= 0.6 is 0 Å². The van der Waals surface area contributed by atoms with Crippen molar-refractivity contribution in [1.29, 1.82) is 0 Å². The van der Waals surface area contributed by atoms with Crippen LogP contribution in [0.5, 0.6) is 0 Å². The Bertz CT molecular complexity index is 614. The van der Waals surface area contributed by atoms with E-state index in [2.05, 4.69) is 32.7 Å². The molecule has 23 heavy (non-hydrogen) atoms. The van der Waals surface area contributed by atoms with Crippen LogP contribution in [-0.4, -0.2) is 66.6 Å². The lowest BCUT2D eigenvalue weighted by Gasteiger charge is -2.23. The number of tetrazole rings is 1. The van der Waals surface area contributed by atoms with Gasteiger partial charge in [-0.2, -0.15) is 0 Å². The van der Waals surface area contributed by atoms with Gasteiger partial charge < -0.3 is 5.32 Å². The lowest BCUT2D eigenvalue weighted by Crippen LogP contribution is -2.49. The van der Waals surface area contributed by atoms with Crippen molar-refractivity contribution >= 4 is 11.9 Å². The third-order valence-corrected chi connectivity index (χ3v) is 4.46. The minimum Gasteiger partial charge on any atom is -0.322 e. The van der Waals surface area contributed by atoms with E-state index in [0.717, 1.165) is 25.3 Å². The average molecular weight is 321 g/mol. The van der Waals surface area contributed by atoms with Crippen molar-refractivity contribution in [2.75, 3.05) is 13.1 Å². The Hall–Kier alpha value is -2.03. The molecule has 1 spiro atoms. The molecule has 126 valence electrons. The number of nitrogens with one attached hydrogen (secondary N) is 1. The van der Waals surface area contributed by atoms with Crippen LogP contribution in [0.25, 0.3) is 0 Å². The number of amides is 3. The minimum absolute atomic E-state index is 0.117. The fourth-order valence-electron chi connectivity index (χ4n) is 3.33. The zero-order valence-electron chi connectivity index (χ0n) is 13.8. The molecule has 0 aromatic carbocycles. The molecular weight excluding hydrogens is 298 g/mol. The van der Waals surface area contributed by atoms with Gasteiger partial charge in [0.1, 0.15) is 5.54 Å². The van der Waals surface area contributed by atoms with Crippen LogP contribution in [0, 0.1) is 0 Å². The first-order valence-electron chi connectivity index (χ1n) is 8.10. The highest BCUT2D eigenvalue weighted by Gasteiger charge is 2.55. The van der Waals surface area contributed by atoms with Gasteiger partial charge in [-0.3, -0.25) is 14.6 Å². The molecule has 2 fully saturated rings. The van der Waals surface area contributed by atoms with Crippen LogP contribution in [0.4, 0.5) is 4.79 Å². The molecule has 0 bridgehead atoms. The molecule has 2 aliphatic rings. The first kappa shape index (κ1) is 15.9. The summed E-state index contributed by atoms with van der Waals surface area (Å²) < 4.78 is 1.79. The Balaban J connectivity index is 1.70. The van der Waals surface area contributed by atoms with Gasteiger partial charge >= 0.3 is 6.03 Å². The number of urea groups is 1. The van der Waals surface area contributed by atoms with E-state index in [9.17, 15) is 9.59 Å². The smallest absolute Gasteiger partial charge is 0.322 e. The molecule has 9 nitrogen and oxygen atoms in total. The van der Waals surface area contributed by atoms with Crippen LogP contribution < -0.4 is 5.32 Å². The molecule has 0 saturated carbocycles. The molecule has 3 heterocycles. The molecule has 1 aromatic heterocycles. The van der Waals surface area contributed by atoms with Gasteiger partial charge in [0.05, 0.1) is 6.54 Å². The second-order valence-electron chi connectivity index (χ2n) is 6.56. The lowest BCUT2D eigenvalue weighted by atomic mass is 9.98. The molecule has 1 atom stereocenters. The van der Waals surface area contributed by atoms with E-state index < -0.39 is 5.54 Å². The highest BCUT2D eigenvalue weighted by Crippen LogP contribution is 2.30. The van der Waals surface area contributed by atoms with E-state index in [1.54, 1.807) is 4.68 Å². The Morgan fingerprint density at radius 2 is 2.13 bits per heavy atom. The Kier molecular flexibility index (Phi) is 4.05. The maximum absolute atomic E-state index is 12.7. The predicted octanol–water partition coefficient (Wildman–Crippen LogP) is -0.0122. The van der Waals surface area contributed by atoms with E-state index in [1.807, 2.05) is 13.8 Å². The van der Waals surface area contributed by atoms with Gasteiger partial charge in [0.25, 0.3) is 5.91 Å². The Labute approximate surface area is 135 Å². The van der Waals surface area contributed by atoms with E-state index in [4.69, 9.17) is 0 Å². The van der Waals surface area contributed by atoms with Crippen LogP contribution in [-0.2, 0) is 17.9 Å². The van der Waals surface area contributed by atoms with Crippen molar-refractivity contribution < 1.29 is 9.59 Å². The fraction of sp³-hybridized carbons (Fsp3) is 0.786. The average Bonchev–Trinajstić information content (AvgIpc) is 3.13. The van der Waals surface area contributed by atoms with Crippen molar-refractivity contribution in [2.24, 2.45) is 0 Å². The van der Waals surface area contributed by atoms with Gasteiger partial charge in [-0.25, -0.2) is 9.48 Å². The number of likely N-dealkylation sites (tertiary alicyclic amines) is 1. The number of rotatable bonds is 5. The van der Waals surface area contributed by atoms with Crippen molar-refractivity contribution in [2.45, 2.75) is 58.3 Å². The summed E-state index contributed by atoms with van der Waals surface area (Å²) in [6.45, 7) is 8.36. The second-order valence-corrected chi connectivity index (χ2v) is 6.56. The SMILES string of the molecule is CCCn1nnnc1CN1CCC2(C1)NC(=O)N(C(C)C)C2=O. The Morgan fingerprint density at radius 3 is 2.78 bits per heavy atom. The minimum atomic E-state index is -0.787. The number of carbonyl (C=O) groups is 2. The quantitative estimate of drug-likeness (QED) is 0.766. The predicted molar refractivity (Wildman–Crippen MR) is 81.2 cm³/mol. The third kappa shape index (κ3) is 2.69. The fourth-order valence-corrected chi connectivity index (χ4v) is 3.33. The molecule has 1 unspecified atom stereocenters. The maximum Gasteiger partial charge on any atom is 0.325 e. The second kappa shape index (κ2) is 5.88. The molecule has 1 aromatic rings. The third-order valence-electron chi connectivity index (χ3n) is 4.46. The number of hydrogen-bond acceptors (Lipinski definition) is 6. The largest absolute Gasteiger partial charge is 0.325 e. The van der Waals surface area contributed by atoms with Crippen molar-refractivity contribution in [3.8, 4) is 0 Å². The number of hydrogen-bond donors (Lipinski definition) is 1. The van der Waals surface area contributed by atoms with Gasteiger partial charge in [0, 0.05) is 25.7 Å². The first-order valence-corrected chi connectivity index (χ1v) is 8.10. The number of nitrogens with zero attached hydrogens (tertiary/aromatic N) is 6. The molecule has 2 aliphatic heterocycles. The number of aryl methyl sites for hydroxylation is 1. The highest BCUT2D eigenvalue weighted by molar-refractivity contribution is 6.07. The summed E-state index contributed by atoms with van der Waals surface area (Å²) in [6, 6.07) is -0.421. The monoisotopic (exact) mass is 321 g/mol. The molecule has 3 amide bonds. The summed E-state index contributed by atoms with van der Waals surface area (Å²) in [4.78, 5) is 28.2. The van der Waals surface area contributed by atoms with Gasteiger partial charge in [0.15, 0.2) is 5.82 Å². The van der Waals surface area contributed by atoms with Crippen molar-refractivity contribution in [3.05, 3.63) is 5.82 Å². The number of aromatic nitrogens is 4. The molecule has 2 saturated heterocycles. The summed E-state index contributed by atoms with van der Waals surface area (Å²) in [5.74, 6) is 0.675. The topological polar surface area (TPSA) is 96.2 Å². The molecule has 1 N–H and O–H groups in total. The van der Waals surface area contributed by atoms with Crippen LogP contribution in [0.1, 0.15) is 39.4 Å². The molecule has 0 aliphatic carbocycles. The van der Waals surface area contributed by atoms with E-state index in [0.29, 0.717) is 19.5 Å². The summed E-state index contributed by atoms with van der Waals surface area (Å²) in [5, 5.41) is 14.7. The summed E-state index contributed by atoms with van der Waals surface area (Å²) >= 11 is 0. The summed E-state index contributed by atoms with van der Waals surface area (Å²) in [6.07, 6.45) is 1.58. The standard InChI is InChI=1S/C14H23N7O2/c1-4-6-20-11(16-17-18-20)8-19-7-5-14(9-19)12(22)21(10(2)3)13(23)15-14/h10H,4-9H2,1-3H3,(H,15,23). The molecule has 9 heteroatoms. The van der Waals surface area contributed by atoms with Crippen LogP contribution in [0.15, 0.2) is 0 Å². The van der Waals surface area contributed by atoms with Gasteiger partial charge in [-0.1, -0.05) is 6.92 Å². The zero-order chi connectivity index (χ0) is 16.6. The number of imide groups is 1. The van der Waals surface area contributed by atoms with Gasteiger partial charge in [-0.15, -0.1) is 5.10 Å². The normalized spacial score (nSPS) is 25.1. The first-order chi connectivity index (χ1) is 11.0.